The average molecular weight is 297 g/mol. The highest BCUT2D eigenvalue weighted by Gasteiger charge is 2.09. The van der Waals surface area contributed by atoms with Crippen LogP contribution in [0.15, 0.2) is 48.5 Å². The first kappa shape index (κ1) is 13.9. The van der Waals surface area contributed by atoms with Gasteiger partial charge in [-0.1, -0.05) is 24.3 Å². The Bertz CT molecular complexity index is 765. The van der Waals surface area contributed by atoms with Crippen molar-refractivity contribution in [3.8, 4) is 11.5 Å². The molecule has 0 saturated heterocycles. The van der Waals surface area contributed by atoms with E-state index in [9.17, 15) is 4.79 Å². The van der Waals surface area contributed by atoms with Gasteiger partial charge in [0.15, 0.2) is 18.1 Å². The maximum Gasteiger partial charge on any atom is 0.264 e. The zero-order chi connectivity index (χ0) is 15.4. The SMILES string of the molecule is COc1ccccc1OCC(=O)Nc1nc2ccccc2[nH]1. The van der Waals surface area contributed by atoms with Crippen LogP contribution in [-0.2, 0) is 4.79 Å². The number of nitrogens with zero attached hydrogens (tertiary/aromatic N) is 1. The number of aromatic nitrogens is 2. The maximum atomic E-state index is 11.9. The number of fused-ring (bicyclic) bond motifs is 1. The second kappa shape index (κ2) is 6.17. The third-order valence-electron chi connectivity index (χ3n) is 3.08. The molecule has 0 unspecified atom stereocenters. The van der Waals surface area contributed by atoms with Crippen molar-refractivity contribution in [1.29, 1.82) is 0 Å². The van der Waals surface area contributed by atoms with E-state index < -0.39 is 0 Å². The van der Waals surface area contributed by atoms with E-state index in [0.717, 1.165) is 11.0 Å². The molecule has 1 amide bonds. The zero-order valence-corrected chi connectivity index (χ0v) is 12.0. The summed E-state index contributed by atoms with van der Waals surface area (Å²) in [6.45, 7) is -0.128. The average Bonchev–Trinajstić information content (AvgIpc) is 2.95. The summed E-state index contributed by atoms with van der Waals surface area (Å²) in [5.41, 5.74) is 1.66. The molecule has 0 spiro atoms. The summed E-state index contributed by atoms with van der Waals surface area (Å²) in [5, 5.41) is 2.67. The summed E-state index contributed by atoms with van der Waals surface area (Å²) in [5.74, 6) is 1.20. The van der Waals surface area contributed by atoms with Gasteiger partial charge in [-0.3, -0.25) is 10.1 Å². The number of aromatic amines is 1. The lowest BCUT2D eigenvalue weighted by atomic mass is 10.3. The molecule has 6 heteroatoms. The molecule has 0 atom stereocenters. The molecular weight excluding hydrogens is 282 g/mol. The van der Waals surface area contributed by atoms with Crippen LogP contribution >= 0.6 is 0 Å². The van der Waals surface area contributed by atoms with Crippen molar-refractivity contribution >= 4 is 22.9 Å². The molecule has 1 aromatic heterocycles. The van der Waals surface area contributed by atoms with Gasteiger partial charge in [0.1, 0.15) is 0 Å². The second-order valence-corrected chi connectivity index (χ2v) is 4.59. The molecular formula is C16H15N3O3. The van der Waals surface area contributed by atoms with E-state index in [1.54, 1.807) is 19.2 Å². The Morgan fingerprint density at radius 3 is 2.64 bits per heavy atom. The molecule has 3 aromatic rings. The predicted octanol–water partition coefficient (Wildman–Crippen LogP) is 2.59. The lowest BCUT2D eigenvalue weighted by Crippen LogP contribution is -2.21. The fraction of sp³-hybridized carbons (Fsp3) is 0.125. The van der Waals surface area contributed by atoms with E-state index in [4.69, 9.17) is 9.47 Å². The van der Waals surface area contributed by atoms with Gasteiger partial charge in [0.2, 0.25) is 5.95 Å². The number of nitrogens with one attached hydrogen (secondary N) is 2. The molecule has 0 aliphatic carbocycles. The molecule has 0 radical (unpaired) electrons. The van der Waals surface area contributed by atoms with Crippen molar-refractivity contribution in [3.63, 3.8) is 0 Å². The number of hydrogen-bond donors (Lipinski definition) is 2. The topological polar surface area (TPSA) is 76.2 Å². The molecule has 0 bridgehead atoms. The first-order valence-corrected chi connectivity index (χ1v) is 6.76. The minimum Gasteiger partial charge on any atom is -0.493 e. The van der Waals surface area contributed by atoms with E-state index in [-0.39, 0.29) is 12.5 Å². The number of para-hydroxylation sites is 4. The number of anilines is 1. The molecule has 112 valence electrons. The fourth-order valence-corrected chi connectivity index (χ4v) is 2.06. The van der Waals surface area contributed by atoms with E-state index in [0.29, 0.717) is 17.4 Å². The van der Waals surface area contributed by atoms with Crippen molar-refractivity contribution in [2.24, 2.45) is 0 Å². The Labute approximate surface area is 127 Å². The molecule has 0 fully saturated rings. The molecule has 3 rings (SSSR count). The standard InChI is InChI=1S/C16H15N3O3/c1-21-13-8-4-5-9-14(13)22-10-15(20)19-16-17-11-6-2-3-7-12(11)18-16/h2-9H,10H2,1H3,(H2,17,18,19,20). The summed E-state index contributed by atoms with van der Waals surface area (Å²) in [7, 11) is 1.55. The van der Waals surface area contributed by atoms with E-state index in [1.165, 1.54) is 0 Å². The highest BCUT2D eigenvalue weighted by atomic mass is 16.5. The smallest absolute Gasteiger partial charge is 0.264 e. The maximum absolute atomic E-state index is 11.9. The van der Waals surface area contributed by atoms with E-state index >= 15 is 0 Å². The largest absolute Gasteiger partial charge is 0.493 e. The third kappa shape index (κ3) is 3.01. The Hall–Kier alpha value is -3.02. The molecule has 1 heterocycles. The third-order valence-corrected chi connectivity index (χ3v) is 3.08. The summed E-state index contributed by atoms with van der Waals surface area (Å²) in [4.78, 5) is 19.2. The van der Waals surface area contributed by atoms with Gasteiger partial charge in [-0.05, 0) is 24.3 Å². The fourth-order valence-electron chi connectivity index (χ4n) is 2.06. The Morgan fingerprint density at radius 1 is 1.14 bits per heavy atom. The molecule has 2 aromatic carbocycles. The van der Waals surface area contributed by atoms with Crippen LogP contribution < -0.4 is 14.8 Å². The van der Waals surface area contributed by atoms with E-state index in [1.807, 2.05) is 36.4 Å². The van der Waals surface area contributed by atoms with Crippen LogP contribution in [0, 0.1) is 0 Å². The van der Waals surface area contributed by atoms with Crippen molar-refractivity contribution in [3.05, 3.63) is 48.5 Å². The number of benzene rings is 2. The van der Waals surface area contributed by atoms with Crippen molar-refractivity contribution < 1.29 is 14.3 Å². The van der Waals surface area contributed by atoms with Crippen molar-refractivity contribution in [2.45, 2.75) is 0 Å². The van der Waals surface area contributed by atoms with Crippen LogP contribution in [0.2, 0.25) is 0 Å². The number of imidazole rings is 1. The zero-order valence-electron chi connectivity index (χ0n) is 12.0. The summed E-state index contributed by atoms with van der Waals surface area (Å²) in [6, 6.07) is 14.7. The van der Waals surface area contributed by atoms with Crippen LogP contribution in [0.1, 0.15) is 0 Å². The number of amides is 1. The number of carbonyl (C=O) groups is 1. The number of methoxy groups -OCH3 is 1. The quantitative estimate of drug-likeness (QED) is 0.759. The van der Waals surface area contributed by atoms with Crippen molar-refractivity contribution in [2.75, 3.05) is 19.0 Å². The lowest BCUT2D eigenvalue weighted by molar-refractivity contribution is -0.118. The molecule has 0 aliphatic rings. The minimum atomic E-state index is -0.301. The number of rotatable bonds is 5. The Balaban J connectivity index is 1.62. The molecule has 0 saturated carbocycles. The minimum absolute atomic E-state index is 0.128. The summed E-state index contributed by atoms with van der Waals surface area (Å²) < 4.78 is 10.6. The first-order valence-electron chi connectivity index (χ1n) is 6.76. The highest BCUT2D eigenvalue weighted by molar-refractivity contribution is 5.92. The summed E-state index contributed by atoms with van der Waals surface area (Å²) >= 11 is 0. The van der Waals surface area contributed by atoms with Gasteiger partial charge in [0.25, 0.3) is 5.91 Å². The Morgan fingerprint density at radius 2 is 1.86 bits per heavy atom. The highest BCUT2D eigenvalue weighted by Crippen LogP contribution is 2.25. The van der Waals surface area contributed by atoms with Gasteiger partial charge in [-0.25, -0.2) is 4.98 Å². The summed E-state index contributed by atoms with van der Waals surface area (Å²) in [6.07, 6.45) is 0. The Kier molecular flexibility index (Phi) is 3.91. The number of carbonyl (C=O) groups excluding carboxylic acids is 1. The van der Waals surface area contributed by atoms with Crippen LogP contribution in [0.5, 0.6) is 11.5 Å². The number of ether oxygens (including phenoxy) is 2. The lowest BCUT2D eigenvalue weighted by Gasteiger charge is -2.09. The first-order chi connectivity index (χ1) is 10.8. The molecule has 6 nitrogen and oxygen atoms in total. The van der Waals surface area contributed by atoms with E-state index in [2.05, 4.69) is 15.3 Å². The normalized spacial score (nSPS) is 10.4. The molecule has 22 heavy (non-hydrogen) atoms. The van der Waals surface area contributed by atoms with Gasteiger partial charge >= 0.3 is 0 Å². The van der Waals surface area contributed by atoms with Crippen LogP contribution in [-0.4, -0.2) is 29.6 Å². The van der Waals surface area contributed by atoms with Crippen molar-refractivity contribution in [1.82, 2.24) is 9.97 Å². The van der Waals surface area contributed by atoms with Gasteiger partial charge in [-0.15, -0.1) is 0 Å². The predicted molar refractivity (Wildman–Crippen MR) is 83.2 cm³/mol. The molecule has 2 N–H and O–H groups in total. The molecule has 0 aliphatic heterocycles. The van der Waals surface area contributed by atoms with Crippen LogP contribution in [0.3, 0.4) is 0 Å². The monoisotopic (exact) mass is 297 g/mol. The van der Waals surface area contributed by atoms with Gasteiger partial charge in [-0.2, -0.15) is 0 Å². The van der Waals surface area contributed by atoms with Gasteiger partial charge in [0.05, 0.1) is 18.1 Å². The van der Waals surface area contributed by atoms with Crippen LogP contribution in [0.25, 0.3) is 11.0 Å². The number of hydrogen-bond acceptors (Lipinski definition) is 4. The van der Waals surface area contributed by atoms with Crippen LogP contribution in [0.4, 0.5) is 5.95 Å². The second-order valence-electron chi connectivity index (χ2n) is 4.59. The van der Waals surface area contributed by atoms with Gasteiger partial charge < -0.3 is 14.5 Å². The van der Waals surface area contributed by atoms with Gasteiger partial charge in [0, 0.05) is 0 Å². The number of H-pyrrole nitrogens is 1.